The van der Waals surface area contributed by atoms with Gasteiger partial charge in [-0.05, 0) is 19.1 Å². The lowest BCUT2D eigenvalue weighted by Gasteiger charge is -2.10. The van der Waals surface area contributed by atoms with Gasteiger partial charge in [-0.3, -0.25) is 9.59 Å². The van der Waals surface area contributed by atoms with Crippen molar-refractivity contribution in [1.82, 2.24) is 15.0 Å². The molecule has 0 radical (unpaired) electrons. The van der Waals surface area contributed by atoms with Crippen LogP contribution in [0.25, 0.3) is 0 Å². The summed E-state index contributed by atoms with van der Waals surface area (Å²) >= 11 is 0. The fraction of sp³-hybridized carbons (Fsp3) is 0.222. The van der Waals surface area contributed by atoms with E-state index in [1.165, 1.54) is 24.8 Å². The number of benzene rings is 1. The maximum Gasteiger partial charge on any atom is 0.226 e. The Kier molecular flexibility index (Phi) is 5.20. The second-order valence-corrected chi connectivity index (χ2v) is 5.71. The van der Waals surface area contributed by atoms with E-state index in [0.717, 1.165) is 6.26 Å². The molecule has 3 aromatic rings. The molecule has 0 fully saturated rings. The molecule has 0 spiro atoms. The van der Waals surface area contributed by atoms with Crippen LogP contribution in [-0.4, -0.2) is 33.0 Å². The van der Waals surface area contributed by atoms with Crippen molar-refractivity contribution < 1.29 is 23.8 Å². The summed E-state index contributed by atoms with van der Waals surface area (Å²) in [4.78, 5) is 23.2. The standard InChI is InChI=1S/C18H17N3O6/c1-11(22)15-4-3-13(25-2)6-18(15)27-9-12-7-21(20-19-12)8-14-5-16(23)17(24)10-26-14/h3-7,10,24H,8-9H2,1-2H3. The third kappa shape index (κ3) is 4.32. The van der Waals surface area contributed by atoms with Gasteiger partial charge in [-0.25, -0.2) is 4.68 Å². The molecule has 0 amide bonds. The highest BCUT2D eigenvalue weighted by molar-refractivity contribution is 5.97. The third-order valence-corrected chi connectivity index (χ3v) is 3.71. The molecule has 9 heteroatoms. The number of Topliss-reactive ketones (excluding diaryl/α,β-unsaturated/α-hetero) is 1. The Morgan fingerprint density at radius 1 is 1.33 bits per heavy atom. The molecule has 0 saturated heterocycles. The highest BCUT2D eigenvalue weighted by Crippen LogP contribution is 2.26. The minimum atomic E-state index is -0.533. The van der Waals surface area contributed by atoms with Gasteiger partial charge in [0.2, 0.25) is 5.43 Å². The first-order valence-corrected chi connectivity index (χ1v) is 7.97. The number of aromatic nitrogens is 3. The molecule has 0 aliphatic carbocycles. The lowest BCUT2D eigenvalue weighted by atomic mass is 10.1. The summed E-state index contributed by atoms with van der Waals surface area (Å²) in [5, 5.41) is 17.1. The average Bonchev–Trinajstić information content (AvgIpc) is 3.10. The Bertz CT molecular complexity index is 1020. The molecule has 27 heavy (non-hydrogen) atoms. The molecule has 3 rings (SSSR count). The summed E-state index contributed by atoms with van der Waals surface area (Å²) in [6.07, 6.45) is 2.60. The van der Waals surface area contributed by atoms with Crippen LogP contribution >= 0.6 is 0 Å². The van der Waals surface area contributed by atoms with E-state index in [-0.39, 0.29) is 18.9 Å². The SMILES string of the molecule is COc1ccc(C(C)=O)c(OCc2cn(Cc3cc(=O)c(O)co3)nn2)c1. The van der Waals surface area contributed by atoms with Crippen molar-refractivity contribution in [2.24, 2.45) is 0 Å². The van der Waals surface area contributed by atoms with Crippen molar-refractivity contribution in [2.45, 2.75) is 20.1 Å². The van der Waals surface area contributed by atoms with Gasteiger partial charge in [0.25, 0.3) is 0 Å². The van der Waals surface area contributed by atoms with Crippen molar-refractivity contribution in [3.63, 3.8) is 0 Å². The van der Waals surface area contributed by atoms with Gasteiger partial charge < -0.3 is 19.0 Å². The van der Waals surface area contributed by atoms with E-state index < -0.39 is 11.2 Å². The monoisotopic (exact) mass is 371 g/mol. The number of hydrogen-bond donors (Lipinski definition) is 1. The summed E-state index contributed by atoms with van der Waals surface area (Å²) in [5.41, 5.74) is 0.428. The minimum absolute atomic E-state index is 0.0903. The zero-order valence-corrected chi connectivity index (χ0v) is 14.7. The molecule has 0 aliphatic rings. The molecule has 140 valence electrons. The van der Waals surface area contributed by atoms with Crippen LogP contribution < -0.4 is 14.9 Å². The first kappa shape index (κ1) is 18.2. The number of rotatable bonds is 7. The van der Waals surface area contributed by atoms with Crippen LogP contribution in [0, 0.1) is 0 Å². The van der Waals surface area contributed by atoms with Crippen molar-refractivity contribution >= 4 is 5.78 Å². The normalized spacial score (nSPS) is 10.6. The summed E-state index contributed by atoms with van der Waals surface area (Å²) in [5.74, 6) is 0.702. The number of hydrogen-bond acceptors (Lipinski definition) is 8. The zero-order valence-electron chi connectivity index (χ0n) is 14.7. The Morgan fingerprint density at radius 3 is 2.85 bits per heavy atom. The smallest absolute Gasteiger partial charge is 0.226 e. The van der Waals surface area contributed by atoms with Gasteiger partial charge in [0.15, 0.2) is 11.5 Å². The summed E-state index contributed by atoms with van der Waals surface area (Å²) < 4.78 is 17.4. The molecule has 9 nitrogen and oxygen atoms in total. The first-order chi connectivity index (χ1) is 13.0. The number of carbonyl (C=O) groups is 1. The molecule has 2 heterocycles. The fourth-order valence-electron chi connectivity index (χ4n) is 2.36. The van der Waals surface area contributed by atoms with Gasteiger partial charge in [-0.15, -0.1) is 5.10 Å². The van der Waals surface area contributed by atoms with Crippen molar-refractivity contribution in [2.75, 3.05) is 7.11 Å². The number of methoxy groups -OCH3 is 1. The number of nitrogens with zero attached hydrogens (tertiary/aromatic N) is 3. The molecule has 2 aromatic heterocycles. The summed E-state index contributed by atoms with van der Waals surface area (Å²) in [6, 6.07) is 6.14. The minimum Gasteiger partial charge on any atom is -0.502 e. The van der Waals surface area contributed by atoms with Crippen molar-refractivity contribution in [3.8, 4) is 17.2 Å². The lowest BCUT2D eigenvalue weighted by Crippen LogP contribution is -2.05. The van der Waals surface area contributed by atoms with E-state index in [1.54, 1.807) is 24.4 Å². The molecule has 0 atom stereocenters. The second-order valence-electron chi connectivity index (χ2n) is 5.71. The van der Waals surface area contributed by atoms with Crippen LogP contribution in [0.5, 0.6) is 17.2 Å². The number of carbonyl (C=O) groups excluding carboxylic acids is 1. The van der Waals surface area contributed by atoms with Crippen LogP contribution in [0.15, 0.2) is 45.9 Å². The average molecular weight is 371 g/mol. The third-order valence-electron chi connectivity index (χ3n) is 3.71. The van der Waals surface area contributed by atoms with E-state index in [2.05, 4.69) is 10.3 Å². The van der Waals surface area contributed by atoms with Crippen LogP contribution in [0.1, 0.15) is 28.7 Å². The van der Waals surface area contributed by atoms with Crippen LogP contribution in [0.4, 0.5) is 0 Å². The van der Waals surface area contributed by atoms with Gasteiger partial charge in [-0.1, -0.05) is 5.21 Å². The van der Waals surface area contributed by atoms with E-state index in [1.807, 2.05) is 0 Å². The largest absolute Gasteiger partial charge is 0.502 e. The highest BCUT2D eigenvalue weighted by atomic mass is 16.5. The molecular formula is C18H17N3O6. The Morgan fingerprint density at radius 2 is 2.15 bits per heavy atom. The molecule has 1 N–H and O–H groups in total. The van der Waals surface area contributed by atoms with E-state index in [9.17, 15) is 14.7 Å². The molecule has 1 aromatic carbocycles. The lowest BCUT2D eigenvalue weighted by molar-refractivity contribution is 0.101. The second kappa shape index (κ2) is 7.73. The maximum atomic E-state index is 11.7. The Balaban J connectivity index is 1.70. The molecule has 0 bridgehead atoms. The van der Waals surface area contributed by atoms with Crippen molar-refractivity contribution in [3.05, 3.63) is 64.0 Å². The van der Waals surface area contributed by atoms with Crippen LogP contribution in [0.2, 0.25) is 0 Å². The van der Waals surface area contributed by atoms with Crippen LogP contribution in [-0.2, 0) is 13.2 Å². The molecule has 0 aliphatic heterocycles. The summed E-state index contributed by atoms with van der Waals surface area (Å²) in [6.45, 7) is 1.71. The zero-order chi connectivity index (χ0) is 19.4. The number of ketones is 1. The quantitative estimate of drug-likeness (QED) is 0.625. The predicted octanol–water partition coefficient (Wildman–Crippen LogP) is 1.78. The van der Waals surface area contributed by atoms with Gasteiger partial charge >= 0.3 is 0 Å². The fourth-order valence-corrected chi connectivity index (χ4v) is 2.36. The highest BCUT2D eigenvalue weighted by Gasteiger charge is 2.12. The van der Waals surface area contributed by atoms with Crippen LogP contribution in [0.3, 0.4) is 0 Å². The molecule has 0 saturated carbocycles. The van der Waals surface area contributed by atoms with E-state index >= 15 is 0 Å². The number of ether oxygens (including phenoxy) is 2. The van der Waals surface area contributed by atoms with Crippen molar-refractivity contribution in [1.29, 1.82) is 0 Å². The Labute approximate surface area is 153 Å². The van der Waals surface area contributed by atoms with Gasteiger partial charge in [0, 0.05) is 12.1 Å². The molecular weight excluding hydrogens is 354 g/mol. The van der Waals surface area contributed by atoms with E-state index in [4.69, 9.17) is 13.9 Å². The van der Waals surface area contributed by atoms with Gasteiger partial charge in [0.05, 0.1) is 18.9 Å². The number of aromatic hydroxyl groups is 1. The van der Waals surface area contributed by atoms with Gasteiger partial charge in [-0.2, -0.15) is 0 Å². The van der Waals surface area contributed by atoms with Gasteiger partial charge in [0.1, 0.15) is 42.4 Å². The topological polar surface area (TPSA) is 117 Å². The first-order valence-electron chi connectivity index (χ1n) is 7.97. The predicted molar refractivity (Wildman–Crippen MR) is 93.1 cm³/mol. The Hall–Kier alpha value is -3.62. The van der Waals surface area contributed by atoms with E-state index in [0.29, 0.717) is 28.5 Å². The molecule has 0 unspecified atom stereocenters. The maximum absolute atomic E-state index is 11.7. The summed E-state index contributed by atoms with van der Waals surface area (Å²) in [7, 11) is 1.53.